The number of benzene rings is 1. The highest BCUT2D eigenvalue weighted by atomic mass is 79.9. The van der Waals surface area contributed by atoms with Gasteiger partial charge in [0.05, 0.1) is 17.2 Å². The molecule has 2 nitrogen and oxygen atoms in total. The van der Waals surface area contributed by atoms with Crippen molar-refractivity contribution in [2.75, 3.05) is 5.32 Å². The van der Waals surface area contributed by atoms with Crippen LogP contribution in [0.1, 0.15) is 29.3 Å². The zero-order valence-corrected chi connectivity index (χ0v) is 13.9. The first kappa shape index (κ1) is 13.3. The average Bonchev–Trinajstić information content (AvgIpc) is 2.97. The van der Waals surface area contributed by atoms with Crippen LogP contribution in [0.5, 0.6) is 0 Å². The molecule has 1 aliphatic carbocycles. The van der Waals surface area contributed by atoms with Gasteiger partial charge >= 0.3 is 0 Å². The van der Waals surface area contributed by atoms with Crippen molar-refractivity contribution in [3.8, 4) is 0 Å². The number of nitrogens with zero attached hydrogens (tertiary/aromatic N) is 1. The number of anilines is 1. The largest absolute Gasteiger partial charge is 0.376 e. The van der Waals surface area contributed by atoms with E-state index in [0.717, 1.165) is 21.1 Å². The molecular formula is C17H15BrN2S. The third-order valence-electron chi connectivity index (χ3n) is 4.06. The maximum Gasteiger partial charge on any atom is 0.0934 e. The molecule has 2 heterocycles. The van der Waals surface area contributed by atoms with Crippen molar-refractivity contribution in [3.63, 3.8) is 0 Å². The van der Waals surface area contributed by atoms with Gasteiger partial charge in [0.1, 0.15) is 0 Å². The number of rotatable bonds is 2. The van der Waals surface area contributed by atoms with Crippen LogP contribution in [0.25, 0.3) is 10.9 Å². The summed E-state index contributed by atoms with van der Waals surface area (Å²) in [5.74, 6) is 0. The van der Waals surface area contributed by atoms with Gasteiger partial charge in [-0.05, 0) is 64.3 Å². The SMILES string of the molecule is Brc1cnc2c(NC3CCCc4sccc43)cccc2c1. The Bertz CT molecular complexity index is 796. The first-order valence-corrected chi connectivity index (χ1v) is 8.85. The summed E-state index contributed by atoms with van der Waals surface area (Å²) in [6, 6.07) is 11.1. The van der Waals surface area contributed by atoms with Crippen molar-refractivity contribution >= 4 is 43.9 Å². The molecule has 0 saturated carbocycles. The van der Waals surface area contributed by atoms with E-state index in [1.807, 2.05) is 17.5 Å². The molecule has 0 fully saturated rings. The normalized spacial score (nSPS) is 17.7. The lowest BCUT2D eigenvalue weighted by Crippen LogP contribution is -2.15. The van der Waals surface area contributed by atoms with Gasteiger partial charge in [0.15, 0.2) is 0 Å². The highest BCUT2D eigenvalue weighted by Crippen LogP contribution is 2.36. The number of aromatic nitrogens is 1. The Morgan fingerprint density at radius 3 is 3.19 bits per heavy atom. The summed E-state index contributed by atoms with van der Waals surface area (Å²) in [6.07, 6.45) is 5.54. The van der Waals surface area contributed by atoms with Gasteiger partial charge in [-0.3, -0.25) is 4.98 Å². The van der Waals surface area contributed by atoms with Crippen LogP contribution in [-0.4, -0.2) is 4.98 Å². The average molecular weight is 359 g/mol. The van der Waals surface area contributed by atoms with Gasteiger partial charge in [0.2, 0.25) is 0 Å². The molecule has 4 rings (SSSR count). The molecular weight excluding hydrogens is 344 g/mol. The molecule has 1 unspecified atom stereocenters. The van der Waals surface area contributed by atoms with Gasteiger partial charge in [-0.25, -0.2) is 0 Å². The molecule has 1 atom stereocenters. The van der Waals surface area contributed by atoms with Crippen LogP contribution >= 0.6 is 27.3 Å². The second-order valence-electron chi connectivity index (χ2n) is 5.42. The van der Waals surface area contributed by atoms with Crippen LogP contribution in [0.15, 0.2) is 46.4 Å². The third-order valence-corrected chi connectivity index (χ3v) is 5.49. The molecule has 21 heavy (non-hydrogen) atoms. The maximum atomic E-state index is 4.58. The number of fused-ring (bicyclic) bond motifs is 2. The van der Waals surface area contributed by atoms with Crippen LogP contribution in [0.2, 0.25) is 0 Å². The topological polar surface area (TPSA) is 24.9 Å². The predicted molar refractivity (Wildman–Crippen MR) is 93.1 cm³/mol. The Kier molecular flexibility index (Phi) is 3.43. The van der Waals surface area contributed by atoms with Crippen molar-refractivity contribution in [2.45, 2.75) is 25.3 Å². The highest BCUT2D eigenvalue weighted by molar-refractivity contribution is 9.10. The molecule has 106 valence electrons. The van der Waals surface area contributed by atoms with E-state index in [4.69, 9.17) is 0 Å². The lowest BCUT2D eigenvalue weighted by molar-refractivity contribution is 0.609. The highest BCUT2D eigenvalue weighted by Gasteiger charge is 2.21. The number of nitrogens with one attached hydrogen (secondary N) is 1. The van der Waals surface area contributed by atoms with Crippen molar-refractivity contribution in [1.29, 1.82) is 0 Å². The fourth-order valence-electron chi connectivity index (χ4n) is 3.07. The summed E-state index contributed by atoms with van der Waals surface area (Å²) >= 11 is 5.37. The summed E-state index contributed by atoms with van der Waals surface area (Å²) in [5, 5.41) is 7.09. The molecule has 0 bridgehead atoms. The summed E-state index contributed by atoms with van der Waals surface area (Å²) in [7, 11) is 0. The van der Waals surface area contributed by atoms with Gasteiger partial charge in [-0.2, -0.15) is 0 Å². The Morgan fingerprint density at radius 2 is 2.24 bits per heavy atom. The number of halogens is 1. The Labute approximate surface area is 136 Å². The second-order valence-corrected chi connectivity index (χ2v) is 7.34. The lowest BCUT2D eigenvalue weighted by atomic mass is 9.93. The van der Waals surface area contributed by atoms with E-state index >= 15 is 0 Å². The number of hydrogen-bond acceptors (Lipinski definition) is 3. The summed E-state index contributed by atoms with van der Waals surface area (Å²) in [5.41, 5.74) is 3.65. The van der Waals surface area contributed by atoms with Crippen LogP contribution < -0.4 is 5.32 Å². The first-order chi connectivity index (χ1) is 10.3. The van der Waals surface area contributed by atoms with Gasteiger partial charge in [-0.15, -0.1) is 11.3 Å². The summed E-state index contributed by atoms with van der Waals surface area (Å²) < 4.78 is 1.02. The number of hydrogen-bond donors (Lipinski definition) is 1. The predicted octanol–water partition coefficient (Wildman–Crippen LogP) is 5.55. The van der Waals surface area contributed by atoms with Gasteiger partial charge in [0, 0.05) is 20.9 Å². The summed E-state index contributed by atoms with van der Waals surface area (Å²) in [4.78, 5) is 6.12. The van der Waals surface area contributed by atoms with Gasteiger partial charge in [0.25, 0.3) is 0 Å². The zero-order valence-electron chi connectivity index (χ0n) is 11.5. The van der Waals surface area contributed by atoms with Crippen molar-refractivity contribution < 1.29 is 0 Å². The van der Waals surface area contributed by atoms with Crippen molar-refractivity contribution in [3.05, 3.63) is 56.8 Å². The molecule has 3 aromatic rings. The number of thiophene rings is 1. The van der Waals surface area contributed by atoms with Crippen LogP contribution in [0.4, 0.5) is 5.69 Å². The molecule has 1 N–H and O–H groups in total. The van der Waals surface area contributed by atoms with E-state index in [1.54, 1.807) is 0 Å². The van der Waals surface area contributed by atoms with E-state index in [0.29, 0.717) is 6.04 Å². The quantitative estimate of drug-likeness (QED) is 0.649. The Hall–Kier alpha value is -1.39. The van der Waals surface area contributed by atoms with E-state index in [1.165, 1.54) is 29.7 Å². The standard InChI is InChI=1S/C17H15BrN2S/c18-12-9-11-3-1-5-15(17(11)19-10-12)20-14-4-2-6-16-13(14)7-8-21-16/h1,3,5,7-10,14,20H,2,4,6H2. The van der Waals surface area contributed by atoms with Crippen LogP contribution in [-0.2, 0) is 6.42 Å². The number of pyridine rings is 1. The summed E-state index contributed by atoms with van der Waals surface area (Å²) in [6.45, 7) is 0. The molecule has 0 spiro atoms. The van der Waals surface area contributed by atoms with Crippen molar-refractivity contribution in [1.82, 2.24) is 4.98 Å². The van der Waals surface area contributed by atoms with E-state index in [2.05, 4.69) is 61.9 Å². The molecule has 0 aliphatic heterocycles. The van der Waals surface area contributed by atoms with E-state index in [9.17, 15) is 0 Å². The number of aryl methyl sites for hydroxylation is 1. The van der Waals surface area contributed by atoms with Gasteiger partial charge in [-0.1, -0.05) is 12.1 Å². The van der Waals surface area contributed by atoms with E-state index < -0.39 is 0 Å². The fourth-order valence-corrected chi connectivity index (χ4v) is 4.41. The Balaban J connectivity index is 1.73. The molecule has 0 saturated heterocycles. The van der Waals surface area contributed by atoms with Crippen LogP contribution in [0.3, 0.4) is 0 Å². The van der Waals surface area contributed by atoms with Crippen molar-refractivity contribution in [2.24, 2.45) is 0 Å². The maximum absolute atomic E-state index is 4.58. The van der Waals surface area contributed by atoms with Crippen LogP contribution in [0, 0.1) is 0 Å². The molecule has 0 radical (unpaired) electrons. The zero-order chi connectivity index (χ0) is 14.2. The molecule has 4 heteroatoms. The van der Waals surface area contributed by atoms with E-state index in [-0.39, 0.29) is 0 Å². The molecule has 2 aromatic heterocycles. The smallest absolute Gasteiger partial charge is 0.0934 e. The minimum Gasteiger partial charge on any atom is -0.376 e. The van der Waals surface area contributed by atoms with Gasteiger partial charge < -0.3 is 5.32 Å². The lowest BCUT2D eigenvalue weighted by Gasteiger charge is -2.25. The molecule has 1 aliphatic rings. The molecule has 0 amide bonds. The number of para-hydroxylation sites is 1. The third kappa shape index (κ3) is 2.47. The fraction of sp³-hybridized carbons (Fsp3) is 0.235. The molecule has 1 aromatic carbocycles. The minimum absolute atomic E-state index is 0.413. The monoisotopic (exact) mass is 358 g/mol. The first-order valence-electron chi connectivity index (χ1n) is 7.18. The Morgan fingerprint density at radius 1 is 1.29 bits per heavy atom. The second kappa shape index (κ2) is 5.43. The minimum atomic E-state index is 0.413.